The zero-order valence-corrected chi connectivity index (χ0v) is 10.3. The molecule has 1 fully saturated rings. The van der Waals surface area contributed by atoms with Crippen LogP contribution in [-0.2, 0) is 16.4 Å². The molecule has 1 N–H and O–H groups in total. The van der Waals surface area contributed by atoms with Gasteiger partial charge in [0, 0.05) is 25.5 Å². The highest BCUT2D eigenvalue weighted by molar-refractivity contribution is 7.92. The first-order valence-corrected chi connectivity index (χ1v) is 7.35. The summed E-state index contributed by atoms with van der Waals surface area (Å²) in [5, 5.41) is -0.191. The zero-order chi connectivity index (χ0) is 11.6. The van der Waals surface area contributed by atoms with E-state index < -0.39 is 9.84 Å². The number of nitrogens with zero attached hydrogens (tertiary/aromatic N) is 1. The highest BCUT2D eigenvalue weighted by Crippen LogP contribution is 2.15. The van der Waals surface area contributed by atoms with Crippen LogP contribution in [0.2, 0.25) is 0 Å². The van der Waals surface area contributed by atoms with E-state index in [9.17, 15) is 8.42 Å². The summed E-state index contributed by atoms with van der Waals surface area (Å²) in [4.78, 5) is 5.23. The number of aromatic amines is 1. The van der Waals surface area contributed by atoms with Crippen LogP contribution < -0.4 is 0 Å². The van der Waals surface area contributed by atoms with Gasteiger partial charge >= 0.3 is 0 Å². The van der Waals surface area contributed by atoms with Crippen LogP contribution in [0.5, 0.6) is 0 Å². The van der Waals surface area contributed by atoms with Crippen LogP contribution >= 0.6 is 0 Å². The molecule has 0 amide bonds. The van der Waals surface area contributed by atoms with Crippen molar-refractivity contribution in [1.82, 2.24) is 9.88 Å². The summed E-state index contributed by atoms with van der Waals surface area (Å²) in [5.74, 6) is 0.290. The van der Waals surface area contributed by atoms with Crippen LogP contribution in [-0.4, -0.2) is 42.4 Å². The molecule has 0 bridgehead atoms. The molecular weight excluding hydrogens is 224 g/mol. The average molecular weight is 242 g/mol. The van der Waals surface area contributed by atoms with Crippen molar-refractivity contribution in [2.45, 2.75) is 25.1 Å². The lowest BCUT2D eigenvalue weighted by Crippen LogP contribution is -2.26. The topological polar surface area (TPSA) is 53.2 Å². The van der Waals surface area contributed by atoms with E-state index in [0.717, 1.165) is 19.5 Å². The molecule has 1 atom stereocenters. The monoisotopic (exact) mass is 242 g/mol. The van der Waals surface area contributed by atoms with Gasteiger partial charge in [-0.2, -0.15) is 0 Å². The zero-order valence-electron chi connectivity index (χ0n) is 9.52. The van der Waals surface area contributed by atoms with Gasteiger partial charge in [-0.3, -0.25) is 4.90 Å². The number of rotatable bonds is 2. The molecule has 0 aromatic carbocycles. The second-order valence-corrected chi connectivity index (χ2v) is 7.00. The van der Waals surface area contributed by atoms with Gasteiger partial charge < -0.3 is 4.98 Å². The molecule has 0 spiro atoms. The molecule has 90 valence electrons. The number of aromatic nitrogens is 1. The molecule has 16 heavy (non-hydrogen) atoms. The first-order valence-electron chi connectivity index (χ1n) is 5.63. The minimum atomic E-state index is -2.86. The van der Waals surface area contributed by atoms with Gasteiger partial charge in [-0.05, 0) is 31.5 Å². The Morgan fingerprint density at radius 3 is 3.00 bits per heavy atom. The largest absolute Gasteiger partial charge is 0.367 e. The van der Waals surface area contributed by atoms with Crippen molar-refractivity contribution in [2.75, 3.05) is 18.8 Å². The highest BCUT2D eigenvalue weighted by atomic mass is 32.2. The van der Waals surface area contributed by atoms with E-state index >= 15 is 0 Å². The fourth-order valence-electron chi connectivity index (χ4n) is 1.99. The molecule has 0 radical (unpaired) electrons. The third kappa shape index (κ3) is 2.65. The summed E-state index contributed by atoms with van der Waals surface area (Å²) in [5.41, 5.74) is 1.21. The Kier molecular flexibility index (Phi) is 3.35. The summed E-state index contributed by atoms with van der Waals surface area (Å²) in [6.07, 6.45) is 4.60. The second kappa shape index (κ2) is 4.59. The molecule has 1 saturated heterocycles. The van der Waals surface area contributed by atoms with E-state index in [1.54, 1.807) is 0 Å². The number of hydrogen-bond acceptors (Lipinski definition) is 3. The standard InChI is InChI=1S/C11H18N2O2S/c1-10-3-5-13(6-7-16(10,14)15)9-11-2-4-12-8-11/h2,4,8,10,12H,3,5-7,9H2,1H3. The molecule has 1 aromatic heterocycles. The van der Waals surface area contributed by atoms with E-state index in [2.05, 4.69) is 9.88 Å². The van der Waals surface area contributed by atoms with Gasteiger partial charge in [-0.15, -0.1) is 0 Å². The van der Waals surface area contributed by atoms with Gasteiger partial charge in [0.05, 0.1) is 11.0 Å². The van der Waals surface area contributed by atoms with E-state index in [4.69, 9.17) is 0 Å². The lowest BCUT2D eigenvalue weighted by molar-refractivity contribution is 0.283. The van der Waals surface area contributed by atoms with Crippen LogP contribution in [0.25, 0.3) is 0 Å². The summed E-state index contributed by atoms with van der Waals surface area (Å²) in [6, 6.07) is 2.03. The van der Waals surface area contributed by atoms with Crippen molar-refractivity contribution in [1.29, 1.82) is 0 Å². The minimum absolute atomic E-state index is 0.191. The van der Waals surface area contributed by atoms with Gasteiger partial charge in [0.1, 0.15) is 0 Å². The normalized spacial score (nSPS) is 26.4. The summed E-state index contributed by atoms with van der Waals surface area (Å²) in [6.45, 7) is 4.17. The Hall–Kier alpha value is -0.810. The lowest BCUT2D eigenvalue weighted by Gasteiger charge is -2.18. The Labute approximate surface area is 96.6 Å². The summed E-state index contributed by atoms with van der Waals surface area (Å²) in [7, 11) is -2.86. The summed E-state index contributed by atoms with van der Waals surface area (Å²) >= 11 is 0. The maximum atomic E-state index is 11.7. The third-order valence-electron chi connectivity index (χ3n) is 3.23. The SMILES string of the molecule is CC1CCN(Cc2cc[nH]c2)CCS1(=O)=O. The van der Waals surface area contributed by atoms with E-state index in [-0.39, 0.29) is 5.25 Å². The molecule has 1 aliphatic heterocycles. The van der Waals surface area contributed by atoms with Crippen molar-refractivity contribution in [3.05, 3.63) is 24.0 Å². The molecule has 1 aliphatic rings. The van der Waals surface area contributed by atoms with Gasteiger partial charge in [-0.1, -0.05) is 0 Å². The molecule has 1 unspecified atom stereocenters. The van der Waals surface area contributed by atoms with Gasteiger partial charge in [0.15, 0.2) is 9.84 Å². The molecule has 1 aromatic rings. The van der Waals surface area contributed by atoms with Crippen molar-refractivity contribution >= 4 is 9.84 Å². The number of H-pyrrole nitrogens is 1. The smallest absolute Gasteiger partial charge is 0.154 e. The molecule has 2 heterocycles. The van der Waals surface area contributed by atoms with Gasteiger partial charge in [0.2, 0.25) is 0 Å². The number of hydrogen-bond donors (Lipinski definition) is 1. The van der Waals surface area contributed by atoms with E-state index in [1.165, 1.54) is 5.56 Å². The molecular formula is C11H18N2O2S. The van der Waals surface area contributed by atoms with E-state index in [1.807, 2.05) is 25.4 Å². The van der Waals surface area contributed by atoms with Crippen LogP contribution in [0, 0.1) is 0 Å². The minimum Gasteiger partial charge on any atom is -0.367 e. The first kappa shape index (κ1) is 11.7. The van der Waals surface area contributed by atoms with Gasteiger partial charge in [-0.25, -0.2) is 8.42 Å². The lowest BCUT2D eigenvalue weighted by atomic mass is 10.2. The second-order valence-electron chi connectivity index (χ2n) is 4.46. The van der Waals surface area contributed by atoms with Crippen molar-refractivity contribution in [3.8, 4) is 0 Å². The molecule has 0 saturated carbocycles. The van der Waals surface area contributed by atoms with Crippen molar-refractivity contribution in [3.63, 3.8) is 0 Å². The van der Waals surface area contributed by atoms with Crippen LogP contribution in [0.1, 0.15) is 18.9 Å². The fourth-order valence-corrected chi connectivity index (χ4v) is 3.37. The van der Waals surface area contributed by atoms with Gasteiger partial charge in [0.25, 0.3) is 0 Å². The fraction of sp³-hybridized carbons (Fsp3) is 0.636. The van der Waals surface area contributed by atoms with Crippen LogP contribution in [0.3, 0.4) is 0 Å². The van der Waals surface area contributed by atoms with Crippen LogP contribution in [0.4, 0.5) is 0 Å². The van der Waals surface area contributed by atoms with Crippen LogP contribution in [0.15, 0.2) is 18.5 Å². The Morgan fingerprint density at radius 1 is 1.50 bits per heavy atom. The molecule has 5 heteroatoms. The Morgan fingerprint density at radius 2 is 2.31 bits per heavy atom. The predicted octanol–water partition coefficient (Wildman–Crippen LogP) is 1.02. The maximum Gasteiger partial charge on any atom is 0.154 e. The highest BCUT2D eigenvalue weighted by Gasteiger charge is 2.26. The molecule has 4 nitrogen and oxygen atoms in total. The van der Waals surface area contributed by atoms with E-state index in [0.29, 0.717) is 12.3 Å². The third-order valence-corrected chi connectivity index (χ3v) is 5.44. The Balaban J connectivity index is 1.99. The quantitative estimate of drug-likeness (QED) is 0.842. The predicted molar refractivity (Wildman–Crippen MR) is 63.9 cm³/mol. The first-order chi connectivity index (χ1) is 7.58. The maximum absolute atomic E-state index is 11.7. The molecule has 0 aliphatic carbocycles. The van der Waals surface area contributed by atoms with Crippen molar-refractivity contribution in [2.24, 2.45) is 0 Å². The molecule has 2 rings (SSSR count). The number of sulfone groups is 1. The number of nitrogens with one attached hydrogen (secondary N) is 1. The summed E-state index contributed by atoms with van der Waals surface area (Å²) < 4.78 is 23.4. The Bertz CT molecular complexity index is 425. The van der Waals surface area contributed by atoms with Crippen molar-refractivity contribution < 1.29 is 8.42 Å². The average Bonchev–Trinajstić information content (AvgIpc) is 2.70.